The molecule has 0 aromatic heterocycles. The summed E-state index contributed by atoms with van der Waals surface area (Å²) < 4.78 is 10.9. The van der Waals surface area contributed by atoms with Gasteiger partial charge in [-0.05, 0) is 36.8 Å². The summed E-state index contributed by atoms with van der Waals surface area (Å²) in [6.07, 6.45) is 0. The van der Waals surface area contributed by atoms with Crippen molar-refractivity contribution < 1.29 is 14.3 Å². The molecule has 0 atom stereocenters. The molecule has 150 valence electrons. The number of hydrogen-bond acceptors (Lipinski definition) is 5. The quantitative estimate of drug-likeness (QED) is 0.759. The normalized spacial score (nSPS) is 14.6. The van der Waals surface area contributed by atoms with Crippen LogP contribution in [0.1, 0.15) is 12.5 Å². The second kappa shape index (κ2) is 9.99. The highest BCUT2D eigenvalue weighted by molar-refractivity contribution is 5.78. The minimum Gasteiger partial charge on any atom is -0.497 e. The zero-order chi connectivity index (χ0) is 19.8. The first-order chi connectivity index (χ1) is 13.7. The van der Waals surface area contributed by atoms with Gasteiger partial charge in [0.1, 0.15) is 11.5 Å². The van der Waals surface area contributed by atoms with Gasteiger partial charge in [0.15, 0.2) is 0 Å². The van der Waals surface area contributed by atoms with E-state index in [-0.39, 0.29) is 5.91 Å². The number of para-hydroxylation sites is 2. The molecule has 2 aromatic rings. The van der Waals surface area contributed by atoms with Gasteiger partial charge in [-0.1, -0.05) is 24.3 Å². The van der Waals surface area contributed by atoms with Gasteiger partial charge in [0.05, 0.1) is 25.9 Å². The van der Waals surface area contributed by atoms with E-state index in [9.17, 15) is 4.79 Å². The molecule has 0 saturated carbocycles. The minimum atomic E-state index is 0.0546. The summed E-state index contributed by atoms with van der Waals surface area (Å²) in [4.78, 5) is 16.8. The third kappa shape index (κ3) is 5.39. The molecule has 1 heterocycles. The summed E-state index contributed by atoms with van der Waals surface area (Å²) in [5.74, 6) is 1.80. The molecule has 3 rings (SSSR count). The van der Waals surface area contributed by atoms with E-state index >= 15 is 0 Å². The Balaban J connectivity index is 1.44. The van der Waals surface area contributed by atoms with Crippen LogP contribution in [0.2, 0.25) is 0 Å². The lowest BCUT2D eigenvalue weighted by Crippen LogP contribution is -2.49. The number of anilines is 1. The molecular weight excluding hydrogens is 354 g/mol. The summed E-state index contributed by atoms with van der Waals surface area (Å²) in [7, 11) is 1.64. The van der Waals surface area contributed by atoms with Crippen LogP contribution in [0.3, 0.4) is 0 Å². The fraction of sp³-hybridized carbons (Fsp3) is 0.409. The first kappa shape index (κ1) is 20.0. The summed E-state index contributed by atoms with van der Waals surface area (Å²) in [5, 5.41) is 3.00. The second-order valence-corrected chi connectivity index (χ2v) is 6.79. The third-order valence-corrected chi connectivity index (χ3v) is 4.89. The molecule has 0 radical (unpaired) electrons. The van der Waals surface area contributed by atoms with E-state index < -0.39 is 0 Å². The van der Waals surface area contributed by atoms with Crippen LogP contribution >= 0.6 is 0 Å². The lowest BCUT2D eigenvalue weighted by Gasteiger charge is -2.36. The van der Waals surface area contributed by atoms with Crippen molar-refractivity contribution in [3.8, 4) is 11.5 Å². The number of piperazine rings is 1. The van der Waals surface area contributed by atoms with Gasteiger partial charge in [-0.2, -0.15) is 0 Å². The van der Waals surface area contributed by atoms with Gasteiger partial charge in [0.2, 0.25) is 5.91 Å². The Kier molecular flexibility index (Phi) is 7.14. The molecule has 6 heteroatoms. The van der Waals surface area contributed by atoms with Crippen molar-refractivity contribution in [2.24, 2.45) is 0 Å². The Morgan fingerprint density at radius 1 is 1.04 bits per heavy atom. The summed E-state index contributed by atoms with van der Waals surface area (Å²) in [5.41, 5.74) is 2.19. The topological polar surface area (TPSA) is 54.0 Å². The fourth-order valence-electron chi connectivity index (χ4n) is 3.35. The Hall–Kier alpha value is -2.73. The van der Waals surface area contributed by atoms with Crippen molar-refractivity contribution in [1.29, 1.82) is 0 Å². The number of nitrogens with zero attached hydrogens (tertiary/aromatic N) is 2. The van der Waals surface area contributed by atoms with Crippen molar-refractivity contribution >= 4 is 11.6 Å². The maximum absolute atomic E-state index is 12.3. The zero-order valence-electron chi connectivity index (χ0n) is 16.7. The average Bonchev–Trinajstić information content (AvgIpc) is 2.74. The highest BCUT2D eigenvalue weighted by Gasteiger charge is 2.21. The van der Waals surface area contributed by atoms with Crippen LogP contribution in [0.25, 0.3) is 0 Å². The van der Waals surface area contributed by atoms with E-state index in [1.807, 2.05) is 49.4 Å². The highest BCUT2D eigenvalue weighted by atomic mass is 16.5. The minimum absolute atomic E-state index is 0.0546. The molecule has 1 aliphatic heterocycles. The molecule has 1 N–H and O–H groups in total. The first-order valence-electron chi connectivity index (χ1n) is 9.78. The van der Waals surface area contributed by atoms with Crippen molar-refractivity contribution in [1.82, 2.24) is 10.2 Å². The number of ether oxygens (including phenoxy) is 2. The van der Waals surface area contributed by atoms with Crippen LogP contribution in [0.15, 0.2) is 48.5 Å². The maximum Gasteiger partial charge on any atom is 0.234 e. The largest absolute Gasteiger partial charge is 0.497 e. The SMILES string of the molecule is CCOc1ccccc1N1CCN(CC(=O)NCc2ccc(OC)cc2)CC1. The molecular formula is C22H29N3O3. The lowest BCUT2D eigenvalue weighted by atomic mass is 10.2. The predicted octanol–water partition coefficient (Wildman–Crippen LogP) is 2.53. The molecule has 0 unspecified atom stereocenters. The smallest absolute Gasteiger partial charge is 0.234 e. The number of hydrogen-bond donors (Lipinski definition) is 1. The molecule has 1 amide bonds. The number of carbonyl (C=O) groups is 1. The number of nitrogens with one attached hydrogen (secondary N) is 1. The van der Waals surface area contributed by atoms with Crippen LogP contribution < -0.4 is 19.7 Å². The Bertz CT molecular complexity index is 756. The zero-order valence-corrected chi connectivity index (χ0v) is 16.7. The fourth-order valence-corrected chi connectivity index (χ4v) is 3.35. The molecule has 1 saturated heterocycles. The lowest BCUT2D eigenvalue weighted by molar-refractivity contribution is -0.122. The van der Waals surface area contributed by atoms with Crippen molar-refractivity contribution in [2.45, 2.75) is 13.5 Å². The Morgan fingerprint density at radius 2 is 1.75 bits per heavy atom. The van der Waals surface area contributed by atoms with Crippen LogP contribution in [0, 0.1) is 0 Å². The van der Waals surface area contributed by atoms with Gasteiger partial charge in [-0.3, -0.25) is 9.69 Å². The number of methoxy groups -OCH3 is 1. The van der Waals surface area contributed by atoms with Gasteiger partial charge in [-0.15, -0.1) is 0 Å². The Morgan fingerprint density at radius 3 is 2.43 bits per heavy atom. The van der Waals surface area contributed by atoms with E-state index in [0.717, 1.165) is 48.9 Å². The van der Waals surface area contributed by atoms with Crippen molar-refractivity contribution in [2.75, 3.05) is 51.3 Å². The number of rotatable bonds is 8. The second-order valence-electron chi connectivity index (χ2n) is 6.79. The van der Waals surface area contributed by atoms with Gasteiger partial charge < -0.3 is 19.7 Å². The van der Waals surface area contributed by atoms with Gasteiger partial charge in [0.25, 0.3) is 0 Å². The number of amides is 1. The molecule has 6 nitrogen and oxygen atoms in total. The third-order valence-electron chi connectivity index (χ3n) is 4.89. The molecule has 0 bridgehead atoms. The molecule has 28 heavy (non-hydrogen) atoms. The van der Waals surface area contributed by atoms with E-state index in [0.29, 0.717) is 19.7 Å². The van der Waals surface area contributed by atoms with Gasteiger partial charge >= 0.3 is 0 Å². The number of benzene rings is 2. The van der Waals surface area contributed by atoms with Crippen LogP contribution in [0.5, 0.6) is 11.5 Å². The van der Waals surface area contributed by atoms with Gasteiger partial charge in [-0.25, -0.2) is 0 Å². The van der Waals surface area contributed by atoms with Crippen molar-refractivity contribution in [3.05, 3.63) is 54.1 Å². The van der Waals surface area contributed by atoms with Crippen molar-refractivity contribution in [3.63, 3.8) is 0 Å². The highest BCUT2D eigenvalue weighted by Crippen LogP contribution is 2.28. The molecule has 2 aromatic carbocycles. The number of carbonyl (C=O) groups excluding carboxylic acids is 1. The first-order valence-corrected chi connectivity index (χ1v) is 9.78. The molecule has 0 spiro atoms. The van der Waals surface area contributed by atoms with E-state index in [2.05, 4.69) is 21.2 Å². The van der Waals surface area contributed by atoms with Gasteiger partial charge in [0, 0.05) is 32.7 Å². The standard InChI is InChI=1S/C22H29N3O3/c1-3-28-21-7-5-4-6-20(21)25-14-12-24(13-15-25)17-22(26)23-16-18-8-10-19(27-2)11-9-18/h4-11H,3,12-17H2,1-2H3,(H,23,26). The summed E-state index contributed by atoms with van der Waals surface area (Å²) in [6.45, 7) is 7.10. The molecule has 1 fully saturated rings. The molecule has 1 aliphatic rings. The molecule has 0 aliphatic carbocycles. The van der Waals surface area contributed by atoms with E-state index in [1.165, 1.54) is 0 Å². The summed E-state index contributed by atoms with van der Waals surface area (Å²) in [6, 6.07) is 15.9. The van der Waals surface area contributed by atoms with E-state index in [4.69, 9.17) is 9.47 Å². The van der Waals surface area contributed by atoms with E-state index in [1.54, 1.807) is 7.11 Å². The average molecular weight is 383 g/mol. The summed E-state index contributed by atoms with van der Waals surface area (Å²) >= 11 is 0. The Labute approximate surface area is 167 Å². The van der Waals surface area contributed by atoms with Crippen LogP contribution in [-0.2, 0) is 11.3 Å². The maximum atomic E-state index is 12.3. The van der Waals surface area contributed by atoms with Crippen LogP contribution in [-0.4, -0.2) is 57.2 Å². The monoisotopic (exact) mass is 383 g/mol. The predicted molar refractivity (Wildman–Crippen MR) is 111 cm³/mol. The van der Waals surface area contributed by atoms with Crippen LogP contribution in [0.4, 0.5) is 5.69 Å².